The van der Waals surface area contributed by atoms with Crippen molar-refractivity contribution in [2.24, 2.45) is 0 Å². The van der Waals surface area contributed by atoms with Crippen molar-refractivity contribution in [1.29, 1.82) is 0 Å². The van der Waals surface area contributed by atoms with Crippen molar-refractivity contribution in [3.8, 4) is 0 Å². The Morgan fingerprint density at radius 2 is 2.14 bits per heavy atom. The summed E-state index contributed by atoms with van der Waals surface area (Å²) in [6.45, 7) is 3.26. The molecule has 42 valence electrons. The quantitative estimate of drug-likeness (QED) is 0.403. The van der Waals surface area contributed by atoms with Crippen LogP contribution in [0.3, 0.4) is 0 Å². The van der Waals surface area contributed by atoms with Crippen LogP contribution >= 0.6 is 21.2 Å². The first kappa shape index (κ1) is 7.42. The molecule has 0 aliphatic rings. The minimum atomic E-state index is -2.82. The van der Waals surface area contributed by atoms with Gasteiger partial charge in [-0.3, -0.25) is 0 Å². The van der Waals surface area contributed by atoms with Gasteiger partial charge in [-0.2, -0.15) is 0 Å². The molecule has 0 aliphatic heterocycles. The maximum Gasteiger partial charge on any atom is 0.206 e. The lowest BCUT2D eigenvalue weighted by atomic mass is 10.8. The van der Waals surface area contributed by atoms with E-state index in [4.69, 9.17) is 0 Å². The van der Waals surface area contributed by atoms with Gasteiger partial charge in [0.05, 0.1) is 27.0 Å². The fourth-order valence-corrected chi connectivity index (χ4v) is 1.19. The van der Waals surface area contributed by atoms with Gasteiger partial charge in [0.15, 0.2) is 0 Å². The Hall–Kier alpha value is 0.420. The number of rotatable bonds is 2. The van der Waals surface area contributed by atoms with Gasteiger partial charge in [-0.25, -0.2) is 8.42 Å². The first-order valence-electron chi connectivity index (χ1n) is 1.59. The molecule has 0 N–H and O–H groups in total. The lowest BCUT2D eigenvalue weighted by Gasteiger charge is -1.80. The molecular formula is C3H5IO2S. The Labute approximate surface area is 55.1 Å². The topological polar surface area (TPSA) is 34.1 Å². The summed E-state index contributed by atoms with van der Waals surface area (Å²) in [4.78, 5) is 0. The summed E-state index contributed by atoms with van der Waals surface area (Å²) in [6.07, 6.45) is 1.36. The van der Waals surface area contributed by atoms with Crippen LogP contribution in [0.15, 0.2) is 12.7 Å². The largest absolute Gasteiger partial charge is 0.218 e. The average Bonchev–Trinajstić information content (AvgIpc) is 1.30. The van der Waals surface area contributed by atoms with Gasteiger partial charge < -0.3 is 0 Å². The van der Waals surface area contributed by atoms with E-state index < -0.39 is 7.01 Å². The molecule has 0 radical (unpaired) electrons. The van der Waals surface area contributed by atoms with Gasteiger partial charge in [0.1, 0.15) is 0 Å². The van der Waals surface area contributed by atoms with Crippen LogP contribution in [0.1, 0.15) is 0 Å². The molecule has 0 fully saturated rings. The van der Waals surface area contributed by atoms with Gasteiger partial charge in [0.25, 0.3) is 0 Å². The third-order valence-electron chi connectivity index (χ3n) is 0.317. The Balaban J connectivity index is 3.84. The summed E-state index contributed by atoms with van der Waals surface area (Å²) < 4.78 is 20.3. The Morgan fingerprint density at radius 3 is 2.14 bits per heavy atom. The molecule has 0 rings (SSSR count). The smallest absolute Gasteiger partial charge is 0.206 e. The predicted octanol–water partition coefficient (Wildman–Crippen LogP) is 0.937. The van der Waals surface area contributed by atoms with E-state index in [2.05, 4.69) is 6.58 Å². The van der Waals surface area contributed by atoms with E-state index in [0.29, 0.717) is 0 Å². The highest BCUT2D eigenvalue weighted by atomic mass is 127. The summed E-state index contributed by atoms with van der Waals surface area (Å²) in [5, 5.41) is 0. The van der Waals surface area contributed by atoms with Gasteiger partial charge in [-0.05, 0) is 0 Å². The van der Waals surface area contributed by atoms with Crippen molar-refractivity contribution in [2.45, 2.75) is 0 Å². The molecule has 2 nitrogen and oxygen atoms in total. The minimum absolute atomic E-state index is 0.0631. The Bertz CT molecular complexity index is 146. The van der Waals surface area contributed by atoms with Crippen LogP contribution in [-0.4, -0.2) is 14.2 Å². The second-order valence-corrected chi connectivity index (χ2v) is 6.43. The molecule has 0 bridgehead atoms. The van der Waals surface area contributed by atoms with Crippen LogP contribution in [0.2, 0.25) is 0 Å². The minimum Gasteiger partial charge on any atom is -0.218 e. The lowest BCUT2D eigenvalue weighted by Crippen LogP contribution is -1.89. The normalized spacial score (nSPS) is 11.0. The molecule has 0 saturated heterocycles. The van der Waals surface area contributed by atoms with Gasteiger partial charge >= 0.3 is 0 Å². The van der Waals surface area contributed by atoms with Crippen LogP contribution in [-0.2, 0) is 7.01 Å². The van der Waals surface area contributed by atoms with Gasteiger partial charge in [0, 0.05) is 0 Å². The highest BCUT2D eigenvalue weighted by molar-refractivity contribution is 14.2. The zero-order valence-electron chi connectivity index (χ0n) is 3.59. The van der Waals surface area contributed by atoms with Gasteiger partial charge in [-0.1, -0.05) is 6.08 Å². The predicted molar refractivity (Wildman–Crippen MR) is 38.0 cm³/mol. The Morgan fingerprint density at radius 1 is 1.71 bits per heavy atom. The Kier molecular flexibility index (Phi) is 2.82. The molecule has 0 atom stereocenters. The first-order valence-corrected chi connectivity index (χ1v) is 5.79. The fraction of sp³-hybridized carbons (Fsp3) is 0.333. The number of hydrogen-bond donors (Lipinski definition) is 0. The maximum atomic E-state index is 10.1. The molecular weight excluding hydrogens is 227 g/mol. The van der Waals surface area contributed by atoms with Crippen LogP contribution in [0.4, 0.5) is 0 Å². The molecule has 0 spiro atoms. The fourth-order valence-electron chi connectivity index (χ4n) is 0.141. The molecule has 0 aromatic rings. The summed E-state index contributed by atoms with van der Waals surface area (Å²) >= 11 is 1.38. The number of halogens is 1. The maximum absolute atomic E-state index is 10.1. The number of hydrogen-bond acceptors (Lipinski definition) is 2. The van der Waals surface area contributed by atoms with E-state index in [9.17, 15) is 8.42 Å². The average molecular weight is 232 g/mol. The lowest BCUT2D eigenvalue weighted by molar-refractivity contribution is 0.615. The third-order valence-corrected chi connectivity index (χ3v) is 2.03. The van der Waals surface area contributed by atoms with E-state index in [-0.39, 0.29) is 5.75 Å². The zero-order chi connectivity index (χ0) is 5.91. The van der Waals surface area contributed by atoms with Crippen molar-refractivity contribution >= 4 is 28.2 Å². The summed E-state index contributed by atoms with van der Waals surface area (Å²) in [5.74, 6) is 0.0631. The van der Waals surface area contributed by atoms with Crippen LogP contribution in [0.25, 0.3) is 0 Å². The molecule has 7 heavy (non-hydrogen) atoms. The summed E-state index contributed by atoms with van der Waals surface area (Å²) in [7, 11) is -2.82. The molecule has 0 aromatic heterocycles. The van der Waals surface area contributed by atoms with Gasteiger partial charge in [-0.15, -0.1) is 6.58 Å². The molecule has 0 aromatic carbocycles. The van der Waals surface area contributed by atoms with Crippen molar-refractivity contribution in [3.05, 3.63) is 12.7 Å². The molecule has 0 heterocycles. The zero-order valence-corrected chi connectivity index (χ0v) is 6.57. The van der Waals surface area contributed by atoms with E-state index in [1.165, 1.54) is 27.3 Å². The van der Waals surface area contributed by atoms with Crippen LogP contribution in [0, 0.1) is 0 Å². The molecule has 0 saturated carbocycles. The second kappa shape index (κ2) is 2.66. The SMILES string of the molecule is C=CCS(=O)(=O)I. The highest BCUT2D eigenvalue weighted by Gasteiger charge is 1.96. The third kappa shape index (κ3) is 6.42. The van der Waals surface area contributed by atoms with Crippen molar-refractivity contribution in [3.63, 3.8) is 0 Å². The molecule has 0 aliphatic carbocycles. The monoisotopic (exact) mass is 232 g/mol. The first-order chi connectivity index (χ1) is 3.06. The van der Waals surface area contributed by atoms with Crippen LogP contribution in [0.5, 0.6) is 0 Å². The van der Waals surface area contributed by atoms with E-state index in [1.807, 2.05) is 0 Å². The summed E-state index contributed by atoms with van der Waals surface area (Å²) in [6, 6.07) is 0. The van der Waals surface area contributed by atoms with Gasteiger partial charge in [0.2, 0.25) is 7.01 Å². The second-order valence-electron chi connectivity index (χ2n) is 0.994. The molecule has 4 heteroatoms. The molecule has 0 amide bonds. The molecule has 0 unspecified atom stereocenters. The van der Waals surface area contributed by atoms with Crippen LogP contribution < -0.4 is 0 Å². The van der Waals surface area contributed by atoms with Crippen molar-refractivity contribution < 1.29 is 8.42 Å². The van der Waals surface area contributed by atoms with Crippen molar-refractivity contribution in [2.75, 3.05) is 5.75 Å². The van der Waals surface area contributed by atoms with E-state index >= 15 is 0 Å². The highest BCUT2D eigenvalue weighted by Crippen LogP contribution is 1.99. The van der Waals surface area contributed by atoms with Crippen molar-refractivity contribution in [1.82, 2.24) is 0 Å². The standard InChI is InChI=1S/C3H5IO2S/c1-2-3-7(4,5)6/h2H,1,3H2. The van der Waals surface area contributed by atoms with E-state index in [0.717, 1.165) is 0 Å². The van der Waals surface area contributed by atoms with E-state index in [1.54, 1.807) is 0 Å². The summed E-state index contributed by atoms with van der Waals surface area (Å²) in [5.41, 5.74) is 0.